The van der Waals surface area contributed by atoms with Crippen molar-refractivity contribution in [2.24, 2.45) is 11.8 Å². The van der Waals surface area contributed by atoms with E-state index in [1.165, 1.54) is 0 Å². The fourth-order valence-corrected chi connectivity index (χ4v) is 4.37. The summed E-state index contributed by atoms with van der Waals surface area (Å²) in [5.74, 6) is 0.0575. The summed E-state index contributed by atoms with van der Waals surface area (Å²) >= 11 is 0. The van der Waals surface area contributed by atoms with E-state index in [4.69, 9.17) is 4.74 Å². The average Bonchev–Trinajstić information content (AvgIpc) is 3.25. The highest BCUT2D eigenvalue weighted by molar-refractivity contribution is 6.04. The third-order valence-corrected chi connectivity index (χ3v) is 6.42. The molecule has 2 N–H and O–H groups in total. The summed E-state index contributed by atoms with van der Waals surface area (Å²) in [6, 6.07) is 14.1. The van der Waals surface area contributed by atoms with Crippen LogP contribution in [0.4, 0.5) is 11.4 Å². The van der Waals surface area contributed by atoms with Crippen molar-refractivity contribution in [2.45, 2.75) is 19.3 Å². The Morgan fingerprint density at radius 3 is 2.52 bits per heavy atom. The van der Waals surface area contributed by atoms with E-state index in [0.717, 1.165) is 18.5 Å². The predicted octanol–water partition coefficient (Wildman–Crippen LogP) is 2.53. The number of hydrogen-bond acceptors (Lipinski definition) is 5. The van der Waals surface area contributed by atoms with Gasteiger partial charge < -0.3 is 25.0 Å². The summed E-state index contributed by atoms with van der Waals surface area (Å²) in [5, 5.41) is 12.2. The molecule has 0 aliphatic carbocycles. The maximum absolute atomic E-state index is 12.9. The first-order valence-corrected chi connectivity index (χ1v) is 11.2. The molecule has 8 heteroatoms. The summed E-state index contributed by atoms with van der Waals surface area (Å²) in [6.45, 7) is 1.69. The highest BCUT2D eigenvalue weighted by Crippen LogP contribution is 2.28. The lowest BCUT2D eigenvalue weighted by molar-refractivity contribution is -0.122. The van der Waals surface area contributed by atoms with Gasteiger partial charge in [-0.15, -0.1) is 0 Å². The molecule has 2 aromatic rings. The van der Waals surface area contributed by atoms with Crippen molar-refractivity contribution >= 4 is 29.1 Å². The first kappa shape index (κ1) is 22.8. The van der Waals surface area contributed by atoms with Gasteiger partial charge in [-0.1, -0.05) is 6.07 Å². The minimum absolute atomic E-state index is 0.0794. The van der Waals surface area contributed by atoms with E-state index in [-0.39, 0.29) is 36.7 Å². The Balaban J connectivity index is 1.37. The van der Waals surface area contributed by atoms with Gasteiger partial charge >= 0.3 is 0 Å². The van der Waals surface area contributed by atoms with Crippen molar-refractivity contribution in [1.29, 1.82) is 0 Å². The second-order valence-corrected chi connectivity index (χ2v) is 8.59. The van der Waals surface area contributed by atoms with Crippen molar-refractivity contribution in [2.75, 3.05) is 43.6 Å². The molecule has 2 fully saturated rings. The van der Waals surface area contributed by atoms with Crippen LogP contribution in [0.15, 0.2) is 48.5 Å². The number of piperidine rings is 1. The van der Waals surface area contributed by atoms with Gasteiger partial charge in [0.15, 0.2) is 0 Å². The van der Waals surface area contributed by atoms with Crippen molar-refractivity contribution < 1.29 is 24.2 Å². The Hall–Kier alpha value is -3.39. The smallest absolute Gasteiger partial charge is 0.253 e. The molecule has 2 aliphatic rings. The number of likely N-dealkylation sites (tertiary alicyclic amines) is 1. The number of hydrogen-bond donors (Lipinski definition) is 2. The molecule has 2 saturated heterocycles. The largest absolute Gasteiger partial charge is 0.497 e. The van der Waals surface area contributed by atoms with Gasteiger partial charge in [-0.05, 0) is 61.2 Å². The van der Waals surface area contributed by atoms with E-state index in [2.05, 4.69) is 5.32 Å². The number of nitrogens with zero attached hydrogens (tertiary/aromatic N) is 2. The molecule has 0 spiro atoms. The van der Waals surface area contributed by atoms with Crippen LogP contribution < -0.4 is 15.0 Å². The molecule has 0 saturated carbocycles. The number of rotatable bonds is 6. The molecule has 3 amide bonds. The van der Waals surface area contributed by atoms with E-state index < -0.39 is 5.92 Å². The second kappa shape index (κ2) is 10.0. The molecule has 33 heavy (non-hydrogen) atoms. The van der Waals surface area contributed by atoms with E-state index >= 15 is 0 Å². The topological polar surface area (TPSA) is 99.2 Å². The van der Waals surface area contributed by atoms with Crippen LogP contribution in [0.5, 0.6) is 5.75 Å². The second-order valence-electron chi connectivity index (χ2n) is 8.59. The van der Waals surface area contributed by atoms with Gasteiger partial charge in [0.25, 0.3) is 5.91 Å². The lowest BCUT2D eigenvalue weighted by atomic mass is 9.97. The number of carbonyl (C=O) groups excluding carboxylic acids is 3. The number of benzene rings is 2. The zero-order valence-electron chi connectivity index (χ0n) is 18.7. The van der Waals surface area contributed by atoms with Crippen molar-refractivity contribution in [3.05, 3.63) is 54.1 Å². The first-order chi connectivity index (χ1) is 16.0. The molecule has 8 nitrogen and oxygen atoms in total. The molecular formula is C25H29N3O5. The molecule has 174 valence electrons. The van der Waals surface area contributed by atoms with E-state index in [0.29, 0.717) is 36.6 Å². The number of aliphatic hydroxyl groups is 1. The summed E-state index contributed by atoms with van der Waals surface area (Å²) in [7, 11) is 1.58. The Bertz CT molecular complexity index is 1010. The van der Waals surface area contributed by atoms with Crippen molar-refractivity contribution in [3.8, 4) is 5.75 Å². The number of methoxy groups -OCH3 is 1. The molecule has 2 heterocycles. The molecule has 4 rings (SSSR count). The Morgan fingerprint density at radius 2 is 1.85 bits per heavy atom. The van der Waals surface area contributed by atoms with Crippen molar-refractivity contribution in [1.82, 2.24) is 4.90 Å². The number of carbonyl (C=O) groups is 3. The summed E-state index contributed by atoms with van der Waals surface area (Å²) < 4.78 is 5.15. The van der Waals surface area contributed by atoms with Crippen LogP contribution in [0.2, 0.25) is 0 Å². The van der Waals surface area contributed by atoms with Gasteiger partial charge in [-0.3, -0.25) is 14.4 Å². The monoisotopic (exact) mass is 451 g/mol. The lowest BCUT2D eigenvalue weighted by Gasteiger charge is -2.31. The lowest BCUT2D eigenvalue weighted by Crippen LogP contribution is -2.39. The van der Waals surface area contributed by atoms with Gasteiger partial charge in [-0.25, -0.2) is 0 Å². The normalized spacial score (nSPS) is 19.0. The van der Waals surface area contributed by atoms with Gasteiger partial charge in [0.1, 0.15) is 5.75 Å². The minimum atomic E-state index is -0.475. The molecule has 2 aromatic carbocycles. The molecule has 2 aliphatic heterocycles. The Morgan fingerprint density at radius 1 is 1.12 bits per heavy atom. The molecular weight excluding hydrogens is 422 g/mol. The first-order valence-electron chi connectivity index (χ1n) is 11.2. The SMILES string of the molecule is COc1ccc(N2CC(C(=O)Nc3cccc(C(=O)N4CCC(CO)CC4)c3)CC2=O)cc1. The standard InChI is InChI=1S/C25H29N3O5/c1-33-22-7-5-21(6-8-22)28-15-19(14-23(28)30)24(31)26-20-4-2-3-18(13-20)25(32)27-11-9-17(16-29)10-12-27/h2-8,13,17,19,29H,9-12,14-16H2,1H3,(H,26,31). The third kappa shape index (κ3) is 5.17. The number of anilines is 2. The van der Waals surface area contributed by atoms with E-state index in [1.807, 2.05) is 0 Å². The van der Waals surface area contributed by atoms with Gasteiger partial charge in [0, 0.05) is 49.6 Å². The summed E-state index contributed by atoms with van der Waals surface area (Å²) in [4.78, 5) is 41.6. The quantitative estimate of drug-likeness (QED) is 0.703. The maximum Gasteiger partial charge on any atom is 0.253 e. The van der Waals surface area contributed by atoms with Gasteiger partial charge in [0.2, 0.25) is 11.8 Å². The van der Waals surface area contributed by atoms with Crippen LogP contribution in [-0.4, -0.2) is 61.1 Å². The highest BCUT2D eigenvalue weighted by Gasteiger charge is 2.35. The molecule has 0 radical (unpaired) electrons. The van der Waals surface area contributed by atoms with Crippen LogP contribution in [0.1, 0.15) is 29.6 Å². The molecule has 1 atom stereocenters. The zero-order chi connectivity index (χ0) is 23.4. The molecule has 1 unspecified atom stereocenters. The van der Waals surface area contributed by atoms with E-state index in [9.17, 15) is 19.5 Å². The zero-order valence-corrected chi connectivity index (χ0v) is 18.7. The Labute approximate surface area is 193 Å². The number of aliphatic hydroxyl groups excluding tert-OH is 1. The maximum atomic E-state index is 12.9. The average molecular weight is 452 g/mol. The van der Waals surface area contributed by atoms with Crippen LogP contribution >= 0.6 is 0 Å². The number of nitrogens with one attached hydrogen (secondary N) is 1. The van der Waals surface area contributed by atoms with Crippen LogP contribution in [0.25, 0.3) is 0 Å². The molecule has 0 aromatic heterocycles. The van der Waals surface area contributed by atoms with Crippen LogP contribution in [0.3, 0.4) is 0 Å². The fraction of sp³-hybridized carbons (Fsp3) is 0.400. The van der Waals surface area contributed by atoms with Crippen molar-refractivity contribution in [3.63, 3.8) is 0 Å². The van der Waals surface area contributed by atoms with Gasteiger partial charge in [0.05, 0.1) is 13.0 Å². The minimum Gasteiger partial charge on any atom is -0.497 e. The molecule has 0 bridgehead atoms. The highest BCUT2D eigenvalue weighted by atomic mass is 16.5. The summed E-state index contributed by atoms with van der Waals surface area (Å²) in [6.07, 6.45) is 1.72. The summed E-state index contributed by atoms with van der Waals surface area (Å²) in [5.41, 5.74) is 1.78. The predicted molar refractivity (Wildman–Crippen MR) is 124 cm³/mol. The van der Waals surface area contributed by atoms with Crippen LogP contribution in [0, 0.1) is 11.8 Å². The number of amides is 3. The Kier molecular flexibility index (Phi) is 6.93. The van der Waals surface area contributed by atoms with Crippen LogP contribution in [-0.2, 0) is 9.59 Å². The fourth-order valence-electron chi connectivity index (χ4n) is 4.37. The number of ether oxygens (including phenoxy) is 1. The van der Waals surface area contributed by atoms with Gasteiger partial charge in [-0.2, -0.15) is 0 Å². The third-order valence-electron chi connectivity index (χ3n) is 6.42. The van der Waals surface area contributed by atoms with E-state index in [1.54, 1.807) is 65.4 Å².